The van der Waals surface area contributed by atoms with Gasteiger partial charge in [0.15, 0.2) is 0 Å². The van der Waals surface area contributed by atoms with Gasteiger partial charge in [0.2, 0.25) is 0 Å². The van der Waals surface area contributed by atoms with Gasteiger partial charge >= 0.3 is 0 Å². The van der Waals surface area contributed by atoms with Gasteiger partial charge in [-0.1, -0.05) is 31.9 Å². The van der Waals surface area contributed by atoms with Crippen LogP contribution in [0, 0.1) is 5.92 Å². The Morgan fingerprint density at radius 2 is 1.72 bits per heavy atom. The van der Waals surface area contributed by atoms with E-state index in [4.69, 9.17) is 10.5 Å². The van der Waals surface area contributed by atoms with Crippen LogP contribution in [0.2, 0.25) is 0 Å². The number of ether oxygens (including phenoxy) is 1. The SMILES string of the molecule is CCc1ccc(N(C2CCCC2)S(=O)(=O)c2ccc(NCC3CCOCC3)c(N)c2)cc1. The quantitative estimate of drug-likeness (QED) is 0.556. The molecule has 4 rings (SSSR count). The smallest absolute Gasteiger partial charge is 0.264 e. The van der Waals surface area contributed by atoms with Crippen LogP contribution in [0.4, 0.5) is 17.1 Å². The molecule has 3 N–H and O–H groups in total. The van der Waals surface area contributed by atoms with E-state index in [9.17, 15) is 8.42 Å². The summed E-state index contributed by atoms with van der Waals surface area (Å²) in [6, 6.07) is 13.0. The second-order valence-electron chi connectivity index (χ2n) is 8.94. The molecule has 1 heterocycles. The highest BCUT2D eigenvalue weighted by Crippen LogP contribution is 2.35. The topological polar surface area (TPSA) is 84.7 Å². The molecule has 0 atom stereocenters. The van der Waals surface area contributed by atoms with E-state index in [1.807, 2.05) is 24.3 Å². The molecule has 7 heteroatoms. The minimum Gasteiger partial charge on any atom is -0.397 e. The van der Waals surface area contributed by atoms with Gasteiger partial charge in [-0.25, -0.2) is 8.42 Å². The van der Waals surface area contributed by atoms with Gasteiger partial charge in [-0.05, 0) is 73.9 Å². The van der Waals surface area contributed by atoms with Crippen molar-refractivity contribution >= 4 is 27.1 Å². The highest BCUT2D eigenvalue weighted by Gasteiger charge is 2.34. The van der Waals surface area contributed by atoms with Gasteiger partial charge in [-0.15, -0.1) is 0 Å². The number of hydrogen-bond acceptors (Lipinski definition) is 5. The van der Waals surface area contributed by atoms with Crippen molar-refractivity contribution in [2.24, 2.45) is 5.92 Å². The Balaban J connectivity index is 1.57. The molecule has 1 aliphatic carbocycles. The van der Waals surface area contributed by atoms with Crippen LogP contribution in [-0.2, 0) is 21.2 Å². The maximum Gasteiger partial charge on any atom is 0.264 e. The summed E-state index contributed by atoms with van der Waals surface area (Å²) in [5, 5.41) is 3.40. The number of anilines is 3. The molecular weight excluding hydrogens is 422 g/mol. The average molecular weight is 458 g/mol. The molecule has 2 aromatic rings. The first-order chi connectivity index (χ1) is 15.5. The number of nitrogens with one attached hydrogen (secondary N) is 1. The number of hydrogen-bond donors (Lipinski definition) is 2. The van der Waals surface area contributed by atoms with Crippen molar-refractivity contribution in [2.75, 3.05) is 35.1 Å². The fraction of sp³-hybridized carbons (Fsp3) is 0.520. The number of nitrogen functional groups attached to an aromatic ring is 1. The van der Waals surface area contributed by atoms with Gasteiger partial charge < -0.3 is 15.8 Å². The molecule has 0 spiro atoms. The number of nitrogens with zero attached hydrogens (tertiary/aromatic N) is 1. The minimum atomic E-state index is -3.72. The standard InChI is InChI=1S/C25H35N3O3S/c1-2-19-7-9-22(10-8-19)28(21-5-3-4-6-21)32(29,30)23-11-12-25(24(26)17-23)27-18-20-13-15-31-16-14-20/h7-12,17,20-21,27H,2-6,13-16,18,26H2,1H3. The molecule has 0 amide bonds. The molecule has 2 fully saturated rings. The van der Waals surface area contributed by atoms with Crippen molar-refractivity contribution in [1.29, 1.82) is 0 Å². The highest BCUT2D eigenvalue weighted by molar-refractivity contribution is 7.92. The third kappa shape index (κ3) is 5.04. The van der Waals surface area contributed by atoms with Crippen LogP contribution in [0.5, 0.6) is 0 Å². The Morgan fingerprint density at radius 1 is 1.03 bits per heavy atom. The molecule has 0 bridgehead atoms. The van der Waals surface area contributed by atoms with Gasteiger partial charge in [0.25, 0.3) is 10.0 Å². The third-order valence-electron chi connectivity index (χ3n) is 6.76. The molecule has 0 aromatic heterocycles. The minimum absolute atomic E-state index is 0.0139. The monoisotopic (exact) mass is 457 g/mol. The Morgan fingerprint density at radius 3 is 2.34 bits per heavy atom. The van der Waals surface area contributed by atoms with E-state index in [1.54, 1.807) is 22.5 Å². The third-order valence-corrected chi connectivity index (χ3v) is 8.63. The van der Waals surface area contributed by atoms with Crippen LogP contribution < -0.4 is 15.4 Å². The van der Waals surface area contributed by atoms with E-state index < -0.39 is 10.0 Å². The van der Waals surface area contributed by atoms with E-state index in [2.05, 4.69) is 12.2 Å². The largest absolute Gasteiger partial charge is 0.397 e. The first kappa shape index (κ1) is 22.9. The predicted molar refractivity (Wildman–Crippen MR) is 131 cm³/mol. The molecular formula is C25H35N3O3S. The van der Waals surface area contributed by atoms with Crippen molar-refractivity contribution in [3.63, 3.8) is 0 Å². The normalized spacial score (nSPS) is 18.0. The summed E-state index contributed by atoms with van der Waals surface area (Å²) >= 11 is 0. The van der Waals surface area contributed by atoms with Gasteiger partial charge in [0, 0.05) is 25.8 Å². The summed E-state index contributed by atoms with van der Waals surface area (Å²) in [4.78, 5) is 0.248. The van der Waals surface area contributed by atoms with Crippen LogP contribution in [0.25, 0.3) is 0 Å². The fourth-order valence-corrected chi connectivity index (χ4v) is 6.49. The van der Waals surface area contributed by atoms with E-state index >= 15 is 0 Å². The van der Waals surface area contributed by atoms with Crippen molar-refractivity contribution in [2.45, 2.75) is 62.8 Å². The number of benzene rings is 2. The fourth-order valence-electron chi connectivity index (χ4n) is 4.74. The first-order valence-electron chi connectivity index (χ1n) is 11.8. The molecule has 1 saturated carbocycles. The number of aryl methyl sites for hydroxylation is 1. The molecule has 0 radical (unpaired) electrons. The zero-order valence-electron chi connectivity index (χ0n) is 18.9. The molecule has 0 unspecified atom stereocenters. The molecule has 1 saturated heterocycles. The van der Waals surface area contributed by atoms with Gasteiger partial charge in [-0.3, -0.25) is 4.31 Å². The number of sulfonamides is 1. The maximum atomic E-state index is 13.8. The average Bonchev–Trinajstić information content (AvgIpc) is 3.33. The lowest BCUT2D eigenvalue weighted by Crippen LogP contribution is -2.39. The molecule has 174 valence electrons. The van der Waals surface area contributed by atoms with Gasteiger partial charge in [0.1, 0.15) is 0 Å². The maximum absolute atomic E-state index is 13.8. The van der Waals surface area contributed by atoms with Crippen LogP contribution in [0.15, 0.2) is 47.4 Å². The van der Waals surface area contributed by atoms with Gasteiger partial charge in [0.05, 0.1) is 22.0 Å². The number of nitrogens with two attached hydrogens (primary N) is 1. The van der Waals surface area contributed by atoms with Crippen LogP contribution in [-0.4, -0.2) is 34.2 Å². The summed E-state index contributed by atoms with van der Waals surface area (Å²) < 4.78 is 34.6. The van der Waals surface area contributed by atoms with E-state index in [0.29, 0.717) is 11.6 Å². The Kier molecular flexibility index (Phi) is 7.26. The van der Waals surface area contributed by atoms with E-state index in [1.165, 1.54) is 5.56 Å². The van der Waals surface area contributed by atoms with Crippen molar-refractivity contribution < 1.29 is 13.2 Å². The molecule has 32 heavy (non-hydrogen) atoms. The lowest BCUT2D eigenvalue weighted by atomic mass is 10.0. The molecule has 2 aromatic carbocycles. The van der Waals surface area contributed by atoms with E-state index in [0.717, 1.165) is 76.1 Å². The Labute approximate surface area is 192 Å². The molecule has 2 aliphatic rings. The zero-order chi connectivity index (χ0) is 22.6. The Hall–Kier alpha value is -2.25. The summed E-state index contributed by atoms with van der Waals surface area (Å²) in [5.41, 5.74) is 9.47. The first-order valence-corrected chi connectivity index (χ1v) is 13.3. The van der Waals surface area contributed by atoms with Crippen molar-refractivity contribution in [3.05, 3.63) is 48.0 Å². The summed E-state index contributed by atoms with van der Waals surface area (Å²) in [6.45, 7) is 4.52. The zero-order valence-corrected chi connectivity index (χ0v) is 19.7. The van der Waals surface area contributed by atoms with Crippen LogP contribution >= 0.6 is 0 Å². The summed E-state index contributed by atoms with van der Waals surface area (Å²) in [5.74, 6) is 0.551. The summed E-state index contributed by atoms with van der Waals surface area (Å²) in [6.07, 6.45) is 6.88. The molecule has 6 nitrogen and oxygen atoms in total. The summed E-state index contributed by atoms with van der Waals surface area (Å²) in [7, 11) is -3.72. The lowest BCUT2D eigenvalue weighted by molar-refractivity contribution is 0.0699. The highest BCUT2D eigenvalue weighted by atomic mass is 32.2. The number of rotatable bonds is 8. The van der Waals surface area contributed by atoms with E-state index in [-0.39, 0.29) is 10.9 Å². The Bertz CT molecular complexity index is 996. The predicted octanol–water partition coefficient (Wildman–Crippen LogP) is 4.81. The lowest BCUT2D eigenvalue weighted by Gasteiger charge is -2.30. The second-order valence-corrected chi connectivity index (χ2v) is 10.8. The van der Waals surface area contributed by atoms with Crippen molar-refractivity contribution in [3.8, 4) is 0 Å². The second kappa shape index (κ2) is 10.1. The van der Waals surface area contributed by atoms with Gasteiger partial charge in [-0.2, -0.15) is 0 Å². The van der Waals surface area contributed by atoms with Crippen LogP contribution in [0.3, 0.4) is 0 Å². The molecule has 1 aliphatic heterocycles. The van der Waals surface area contributed by atoms with Crippen molar-refractivity contribution in [1.82, 2.24) is 0 Å². The van der Waals surface area contributed by atoms with Crippen LogP contribution in [0.1, 0.15) is 51.0 Å².